The highest BCUT2D eigenvalue weighted by molar-refractivity contribution is 7.15. The van der Waals surface area contributed by atoms with Gasteiger partial charge < -0.3 is 0 Å². The number of nitrogens with one attached hydrogen (secondary N) is 1. The van der Waals surface area contributed by atoms with Crippen molar-refractivity contribution < 1.29 is 9.42 Å². The summed E-state index contributed by atoms with van der Waals surface area (Å²) in [5, 5.41) is 19.9. The summed E-state index contributed by atoms with van der Waals surface area (Å²) in [6, 6.07) is 5.70. The van der Waals surface area contributed by atoms with E-state index in [9.17, 15) is 4.79 Å². The van der Waals surface area contributed by atoms with E-state index in [-0.39, 0.29) is 12.5 Å². The molecule has 0 aliphatic carbocycles. The van der Waals surface area contributed by atoms with Gasteiger partial charge in [-0.15, -0.1) is 10.2 Å². The number of hydrogen-bond donors (Lipinski definition) is 1. The lowest BCUT2D eigenvalue weighted by Gasteiger charge is -2.15. The second kappa shape index (κ2) is 7.45. The highest BCUT2D eigenvalue weighted by Gasteiger charge is 2.11. The van der Waals surface area contributed by atoms with E-state index in [1.807, 2.05) is 30.1 Å². The third-order valence-corrected chi connectivity index (χ3v) is 4.26. The Balaban J connectivity index is 1.53. The van der Waals surface area contributed by atoms with Gasteiger partial charge in [-0.05, 0) is 41.5 Å². The fraction of sp³-hybridized carbons (Fsp3) is 0.400. The Morgan fingerprint density at radius 1 is 1.29 bits per heavy atom. The molecule has 0 spiro atoms. The Hall–Kier alpha value is -2.39. The van der Waals surface area contributed by atoms with Crippen molar-refractivity contribution >= 4 is 33.4 Å². The number of hydrogen-bond acceptors (Lipinski definition) is 8. The number of rotatable bonds is 7. The number of carbonyl (C=O) groups is 1. The molecule has 0 aliphatic rings. The summed E-state index contributed by atoms with van der Waals surface area (Å²) in [5.74, 6) is -0.110. The molecule has 0 fully saturated rings. The molecule has 2 heterocycles. The normalized spacial score (nSPS) is 11.3. The summed E-state index contributed by atoms with van der Waals surface area (Å²) >= 11 is 1.42. The van der Waals surface area contributed by atoms with Gasteiger partial charge in [0, 0.05) is 13.0 Å². The minimum absolute atomic E-state index is 0.110. The van der Waals surface area contributed by atoms with Crippen molar-refractivity contribution in [2.75, 3.05) is 18.9 Å². The van der Waals surface area contributed by atoms with E-state index in [2.05, 4.69) is 37.4 Å². The van der Waals surface area contributed by atoms with Crippen molar-refractivity contribution in [1.29, 1.82) is 0 Å². The van der Waals surface area contributed by atoms with Gasteiger partial charge in [-0.2, -0.15) is 0 Å². The van der Waals surface area contributed by atoms with Gasteiger partial charge in [-0.3, -0.25) is 15.0 Å². The summed E-state index contributed by atoms with van der Waals surface area (Å²) in [5.41, 5.74) is 2.47. The summed E-state index contributed by atoms with van der Waals surface area (Å²) in [7, 11) is 1.88. The van der Waals surface area contributed by atoms with Gasteiger partial charge in [-0.1, -0.05) is 24.3 Å². The Morgan fingerprint density at radius 2 is 2.12 bits per heavy atom. The molecule has 126 valence electrons. The van der Waals surface area contributed by atoms with Crippen molar-refractivity contribution in [2.24, 2.45) is 0 Å². The van der Waals surface area contributed by atoms with Crippen molar-refractivity contribution in [3.05, 3.63) is 28.8 Å². The molecule has 3 aromatic rings. The number of likely N-dealkylation sites (N-methyl/N-ethyl adjacent to an activating group) is 1. The van der Waals surface area contributed by atoms with E-state index in [0.717, 1.165) is 28.9 Å². The molecule has 0 radical (unpaired) electrons. The SMILES string of the molecule is CCCc1nnc(NC(=O)CN(C)Cc2ccc3nonc3c2)s1. The maximum atomic E-state index is 12.1. The summed E-state index contributed by atoms with van der Waals surface area (Å²) in [6.07, 6.45) is 1.89. The fourth-order valence-corrected chi connectivity index (χ4v) is 3.17. The lowest BCUT2D eigenvalue weighted by molar-refractivity contribution is -0.117. The molecular formula is C15H18N6O2S. The topological polar surface area (TPSA) is 97.0 Å². The van der Waals surface area contributed by atoms with Crippen LogP contribution in [-0.2, 0) is 17.8 Å². The first kappa shape index (κ1) is 16.5. The van der Waals surface area contributed by atoms with Gasteiger partial charge in [0.1, 0.15) is 16.0 Å². The molecule has 3 rings (SSSR count). The summed E-state index contributed by atoms with van der Waals surface area (Å²) in [4.78, 5) is 14.0. The average molecular weight is 346 g/mol. The molecule has 0 bridgehead atoms. The molecule has 0 saturated heterocycles. The molecule has 2 aromatic heterocycles. The first-order chi connectivity index (χ1) is 11.6. The highest BCUT2D eigenvalue weighted by atomic mass is 32.1. The van der Waals surface area contributed by atoms with E-state index >= 15 is 0 Å². The fourth-order valence-electron chi connectivity index (χ4n) is 2.32. The Kier molecular flexibility index (Phi) is 5.11. The van der Waals surface area contributed by atoms with Crippen LogP contribution in [0.25, 0.3) is 11.0 Å². The van der Waals surface area contributed by atoms with Crippen molar-refractivity contribution in [3.63, 3.8) is 0 Å². The molecule has 1 aromatic carbocycles. The molecule has 0 aliphatic heterocycles. The molecule has 8 nitrogen and oxygen atoms in total. The molecule has 0 unspecified atom stereocenters. The molecule has 1 N–H and O–H groups in total. The monoisotopic (exact) mass is 346 g/mol. The quantitative estimate of drug-likeness (QED) is 0.699. The van der Waals surface area contributed by atoms with Crippen LogP contribution in [0.15, 0.2) is 22.8 Å². The number of aryl methyl sites for hydroxylation is 1. The molecule has 0 saturated carbocycles. The van der Waals surface area contributed by atoms with Gasteiger partial charge in [0.2, 0.25) is 11.0 Å². The number of fused-ring (bicyclic) bond motifs is 1. The van der Waals surface area contributed by atoms with Crippen LogP contribution >= 0.6 is 11.3 Å². The average Bonchev–Trinajstić information content (AvgIpc) is 3.16. The van der Waals surface area contributed by atoms with Crippen LogP contribution in [-0.4, -0.2) is 44.9 Å². The van der Waals surface area contributed by atoms with Gasteiger partial charge in [0.15, 0.2) is 0 Å². The smallest absolute Gasteiger partial charge is 0.240 e. The second-order valence-electron chi connectivity index (χ2n) is 5.56. The maximum Gasteiger partial charge on any atom is 0.240 e. The van der Waals surface area contributed by atoms with E-state index in [1.165, 1.54) is 11.3 Å². The molecular weight excluding hydrogens is 328 g/mol. The van der Waals surface area contributed by atoms with Crippen LogP contribution < -0.4 is 5.32 Å². The molecule has 1 amide bonds. The lowest BCUT2D eigenvalue weighted by Crippen LogP contribution is -2.29. The van der Waals surface area contributed by atoms with Crippen LogP contribution in [0.1, 0.15) is 23.9 Å². The van der Waals surface area contributed by atoms with Crippen molar-refractivity contribution in [3.8, 4) is 0 Å². The standard InChI is InChI=1S/C15H18N6O2S/c1-3-4-14-17-18-15(24-14)16-13(22)9-21(2)8-10-5-6-11-12(7-10)20-23-19-11/h5-7H,3-4,8-9H2,1-2H3,(H,16,18,22). The third kappa shape index (κ3) is 4.12. The zero-order chi connectivity index (χ0) is 16.9. The first-order valence-electron chi connectivity index (χ1n) is 7.66. The van der Waals surface area contributed by atoms with Crippen molar-refractivity contribution in [1.82, 2.24) is 25.4 Å². The highest BCUT2D eigenvalue weighted by Crippen LogP contribution is 2.16. The minimum Gasteiger partial charge on any atom is -0.299 e. The van der Waals surface area contributed by atoms with Crippen LogP contribution in [0.4, 0.5) is 5.13 Å². The predicted molar refractivity (Wildman–Crippen MR) is 90.7 cm³/mol. The number of carbonyl (C=O) groups excluding carboxylic acids is 1. The van der Waals surface area contributed by atoms with Crippen molar-refractivity contribution in [2.45, 2.75) is 26.3 Å². The van der Waals surface area contributed by atoms with E-state index in [4.69, 9.17) is 0 Å². The number of aromatic nitrogens is 4. The number of benzene rings is 1. The largest absolute Gasteiger partial charge is 0.299 e. The number of anilines is 1. The van der Waals surface area contributed by atoms with E-state index in [0.29, 0.717) is 17.2 Å². The Morgan fingerprint density at radius 3 is 2.96 bits per heavy atom. The van der Waals surface area contributed by atoms with Crippen LogP contribution in [0.2, 0.25) is 0 Å². The molecule has 0 atom stereocenters. The first-order valence-corrected chi connectivity index (χ1v) is 8.47. The number of amides is 1. The lowest BCUT2D eigenvalue weighted by atomic mass is 10.2. The zero-order valence-corrected chi connectivity index (χ0v) is 14.3. The maximum absolute atomic E-state index is 12.1. The molecule has 9 heteroatoms. The van der Waals surface area contributed by atoms with E-state index < -0.39 is 0 Å². The summed E-state index contributed by atoms with van der Waals surface area (Å²) < 4.78 is 4.69. The molecule has 24 heavy (non-hydrogen) atoms. The third-order valence-electron chi connectivity index (χ3n) is 3.36. The van der Waals surface area contributed by atoms with Gasteiger partial charge >= 0.3 is 0 Å². The van der Waals surface area contributed by atoms with Gasteiger partial charge in [0.25, 0.3) is 0 Å². The van der Waals surface area contributed by atoms with Gasteiger partial charge in [0.05, 0.1) is 6.54 Å². The van der Waals surface area contributed by atoms with Crippen LogP contribution in [0, 0.1) is 0 Å². The van der Waals surface area contributed by atoms with Crippen LogP contribution in [0.5, 0.6) is 0 Å². The Labute approximate surface area is 142 Å². The number of nitrogens with zero attached hydrogens (tertiary/aromatic N) is 5. The Bertz CT molecular complexity index is 830. The van der Waals surface area contributed by atoms with Gasteiger partial charge in [-0.25, -0.2) is 4.63 Å². The minimum atomic E-state index is -0.110. The van der Waals surface area contributed by atoms with Crippen LogP contribution in [0.3, 0.4) is 0 Å². The van der Waals surface area contributed by atoms with E-state index in [1.54, 1.807) is 0 Å². The predicted octanol–water partition coefficient (Wildman–Crippen LogP) is 2.10. The summed E-state index contributed by atoms with van der Waals surface area (Å²) in [6.45, 7) is 2.96. The zero-order valence-electron chi connectivity index (χ0n) is 13.5. The second-order valence-corrected chi connectivity index (χ2v) is 6.62.